The predicted molar refractivity (Wildman–Crippen MR) is 67.4 cm³/mol. The summed E-state index contributed by atoms with van der Waals surface area (Å²) in [7, 11) is 0. The molecule has 1 saturated carbocycles. The minimum absolute atomic E-state index is 0.153. The van der Waals surface area contributed by atoms with Gasteiger partial charge in [0.2, 0.25) is 0 Å². The molecule has 0 radical (unpaired) electrons. The van der Waals surface area contributed by atoms with Gasteiger partial charge in [-0.25, -0.2) is 0 Å². The molecule has 2 N–H and O–H groups in total. The van der Waals surface area contributed by atoms with Crippen molar-refractivity contribution >= 4 is 22.9 Å². The lowest BCUT2D eigenvalue weighted by Gasteiger charge is -2.30. The molecule has 0 saturated heterocycles. The summed E-state index contributed by atoms with van der Waals surface area (Å²) in [6.07, 6.45) is 5.21. The average Bonchev–Trinajstić information content (AvgIpc) is 2.63. The zero-order valence-electron chi connectivity index (χ0n) is 9.08. The Balaban J connectivity index is 2.07. The van der Waals surface area contributed by atoms with Gasteiger partial charge in [-0.1, -0.05) is 31.4 Å². The van der Waals surface area contributed by atoms with Crippen molar-refractivity contribution in [1.82, 2.24) is 0 Å². The van der Waals surface area contributed by atoms with Crippen LogP contribution >= 0.6 is 22.9 Å². The lowest BCUT2D eigenvalue weighted by atomic mass is 9.78. The summed E-state index contributed by atoms with van der Waals surface area (Å²) in [4.78, 5) is 1.18. The fraction of sp³-hybridized carbons (Fsp3) is 0.667. The fourth-order valence-corrected chi connectivity index (χ4v) is 3.84. The Hall–Kier alpha value is -0.0500. The Morgan fingerprint density at radius 2 is 2.33 bits per heavy atom. The highest BCUT2D eigenvalue weighted by Gasteiger charge is 2.26. The van der Waals surface area contributed by atoms with Crippen LogP contribution in [0.1, 0.15) is 43.5 Å². The lowest BCUT2D eigenvalue weighted by molar-refractivity contribution is 0.249. The number of hydrogen-bond acceptors (Lipinski definition) is 2. The highest BCUT2D eigenvalue weighted by molar-refractivity contribution is 7.10. The van der Waals surface area contributed by atoms with Crippen molar-refractivity contribution in [3.63, 3.8) is 0 Å². The van der Waals surface area contributed by atoms with Crippen LogP contribution in [-0.2, 0) is 0 Å². The number of rotatable bonds is 2. The molecule has 84 valence electrons. The van der Waals surface area contributed by atoms with Gasteiger partial charge in [0.15, 0.2) is 0 Å². The highest BCUT2D eigenvalue weighted by Crippen LogP contribution is 2.39. The molecule has 3 heteroatoms. The zero-order valence-corrected chi connectivity index (χ0v) is 10.7. The van der Waals surface area contributed by atoms with Crippen LogP contribution in [0.4, 0.5) is 0 Å². The van der Waals surface area contributed by atoms with Gasteiger partial charge in [-0.05, 0) is 36.1 Å². The quantitative estimate of drug-likeness (QED) is 0.827. The van der Waals surface area contributed by atoms with Crippen LogP contribution in [0.25, 0.3) is 0 Å². The summed E-state index contributed by atoms with van der Waals surface area (Å²) in [6.45, 7) is 2.33. The molecule has 1 aliphatic carbocycles. The van der Waals surface area contributed by atoms with Gasteiger partial charge in [-0.3, -0.25) is 0 Å². The van der Waals surface area contributed by atoms with Crippen LogP contribution in [0, 0.1) is 11.8 Å². The van der Waals surface area contributed by atoms with E-state index in [1.807, 2.05) is 11.4 Å². The first kappa shape index (κ1) is 11.4. The van der Waals surface area contributed by atoms with Gasteiger partial charge < -0.3 is 5.73 Å². The van der Waals surface area contributed by atoms with Crippen LogP contribution in [0.2, 0.25) is 5.02 Å². The largest absolute Gasteiger partial charge is 0.323 e. The normalized spacial score (nSPS) is 29.0. The van der Waals surface area contributed by atoms with E-state index in [-0.39, 0.29) is 6.04 Å². The second-order valence-corrected chi connectivity index (χ2v) is 6.05. The van der Waals surface area contributed by atoms with Crippen LogP contribution < -0.4 is 5.73 Å². The summed E-state index contributed by atoms with van der Waals surface area (Å²) in [6, 6.07) is 2.11. The zero-order chi connectivity index (χ0) is 10.8. The third-order valence-corrected chi connectivity index (χ3v) is 4.89. The van der Waals surface area contributed by atoms with Crippen LogP contribution in [0.5, 0.6) is 0 Å². The maximum absolute atomic E-state index is 6.30. The maximum Gasteiger partial charge on any atom is 0.0561 e. The molecular weight excluding hydrogens is 226 g/mol. The highest BCUT2D eigenvalue weighted by atomic mass is 35.5. The molecule has 0 aliphatic heterocycles. The minimum atomic E-state index is 0.153. The van der Waals surface area contributed by atoms with E-state index in [1.54, 1.807) is 11.3 Å². The third-order valence-electron chi connectivity index (χ3n) is 3.43. The molecule has 1 aromatic heterocycles. The Morgan fingerprint density at radius 3 is 2.93 bits per heavy atom. The predicted octanol–water partition coefficient (Wildman–Crippen LogP) is 4.23. The average molecular weight is 244 g/mol. The van der Waals surface area contributed by atoms with E-state index in [1.165, 1.54) is 30.6 Å². The van der Waals surface area contributed by atoms with E-state index in [0.29, 0.717) is 5.92 Å². The van der Waals surface area contributed by atoms with E-state index >= 15 is 0 Å². The van der Waals surface area contributed by atoms with Crippen molar-refractivity contribution < 1.29 is 0 Å². The number of halogens is 1. The molecule has 3 unspecified atom stereocenters. The molecule has 1 aliphatic rings. The summed E-state index contributed by atoms with van der Waals surface area (Å²) < 4.78 is 0. The first-order valence-corrected chi connectivity index (χ1v) is 6.92. The molecule has 0 aromatic carbocycles. The first-order valence-electron chi connectivity index (χ1n) is 5.67. The molecule has 1 aromatic rings. The van der Waals surface area contributed by atoms with E-state index in [0.717, 1.165) is 10.9 Å². The number of thiophene rings is 1. The van der Waals surface area contributed by atoms with Crippen molar-refractivity contribution in [3.8, 4) is 0 Å². The van der Waals surface area contributed by atoms with Crippen molar-refractivity contribution in [3.05, 3.63) is 21.3 Å². The van der Waals surface area contributed by atoms with Gasteiger partial charge in [-0.2, -0.15) is 0 Å². The lowest BCUT2D eigenvalue weighted by Crippen LogP contribution is -2.25. The molecule has 0 bridgehead atoms. The standard InChI is InChI=1S/C12H18ClNS/c1-8-3-2-4-9(7-8)11(14)12-10(13)5-6-15-12/h5-6,8-9,11H,2-4,7,14H2,1H3. The van der Waals surface area contributed by atoms with Gasteiger partial charge in [0, 0.05) is 10.9 Å². The number of hydrogen-bond donors (Lipinski definition) is 1. The van der Waals surface area contributed by atoms with Crippen LogP contribution in [0.3, 0.4) is 0 Å². The van der Waals surface area contributed by atoms with Gasteiger partial charge in [0.1, 0.15) is 0 Å². The topological polar surface area (TPSA) is 26.0 Å². The van der Waals surface area contributed by atoms with Gasteiger partial charge in [0.05, 0.1) is 5.02 Å². The Bertz CT molecular complexity index is 323. The van der Waals surface area contributed by atoms with Crippen LogP contribution in [-0.4, -0.2) is 0 Å². The summed E-state index contributed by atoms with van der Waals surface area (Å²) in [5.74, 6) is 1.46. The smallest absolute Gasteiger partial charge is 0.0561 e. The molecular formula is C12H18ClNS. The molecule has 1 fully saturated rings. The fourth-order valence-electron chi connectivity index (χ4n) is 2.56. The molecule has 1 nitrogen and oxygen atoms in total. The third kappa shape index (κ3) is 2.55. The summed E-state index contributed by atoms with van der Waals surface area (Å²) in [5.41, 5.74) is 6.30. The Labute approximate surface area is 101 Å². The molecule has 1 heterocycles. The van der Waals surface area contributed by atoms with Crippen LogP contribution in [0.15, 0.2) is 11.4 Å². The van der Waals surface area contributed by atoms with E-state index in [2.05, 4.69) is 6.92 Å². The summed E-state index contributed by atoms with van der Waals surface area (Å²) in [5, 5.41) is 2.88. The molecule has 3 atom stereocenters. The van der Waals surface area contributed by atoms with E-state index < -0.39 is 0 Å². The monoisotopic (exact) mass is 243 g/mol. The second-order valence-electron chi connectivity index (χ2n) is 4.69. The Kier molecular flexibility index (Phi) is 3.70. The Morgan fingerprint density at radius 1 is 1.53 bits per heavy atom. The SMILES string of the molecule is CC1CCCC(C(N)c2sccc2Cl)C1. The minimum Gasteiger partial charge on any atom is -0.323 e. The second kappa shape index (κ2) is 4.86. The van der Waals surface area contributed by atoms with Gasteiger partial charge in [0.25, 0.3) is 0 Å². The van der Waals surface area contributed by atoms with Crippen molar-refractivity contribution in [2.24, 2.45) is 17.6 Å². The van der Waals surface area contributed by atoms with Gasteiger partial charge in [-0.15, -0.1) is 11.3 Å². The van der Waals surface area contributed by atoms with Crippen molar-refractivity contribution in [1.29, 1.82) is 0 Å². The maximum atomic E-state index is 6.30. The molecule has 2 rings (SSSR count). The molecule has 0 amide bonds. The molecule has 15 heavy (non-hydrogen) atoms. The molecule has 0 spiro atoms. The van der Waals surface area contributed by atoms with Gasteiger partial charge >= 0.3 is 0 Å². The first-order chi connectivity index (χ1) is 7.18. The van der Waals surface area contributed by atoms with E-state index in [4.69, 9.17) is 17.3 Å². The van der Waals surface area contributed by atoms with E-state index in [9.17, 15) is 0 Å². The summed E-state index contributed by atoms with van der Waals surface area (Å²) >= 11 is 7.82. The number of nitrogens with two attached hydrogens (primary N) is 1. The van der Waals surface area contributed by atoms with Crippen molar-refractivity contribution in [2.45, 2.75) is 38.6 Å². The van der Waals surface area contributed by atoms with Crippen molar-refractivity contribution in [2.75, 3.05) is 0 Å².